The molecular formula is C16H17N3O4S. The van der Waals surface area contributed by atoms with Gasteiger partial charge in [0.1, 0.15) is 5.01 Å². The quantitative estimate of drug-likeness (QED) is 0.774. The lowest BCUT2D eigenvalue weighted by atomic mass is 10.1. The zero-order valence-corrected chi connectivity index (χ0v) is 14.2. The molecule has 0 atom stereocenters. The number of benzene rings is 1. The van der Waals surface area contributed by atoms with Gasteiger partial charge in [-0.1, -0.05) is 11.3 Å². The number of rotatable bonds is 7. The number of hydrogen-bond acceptors (Lipinski definition) is 7. The number of Topliss-reactive ketones (excluding diaryl/α,β-unsaturated/α-hetero) is 1. The third kappa shape index (κ3) is 3.88. The number of ether oxygens (including phenoxy) is 2. The number of nitrogens with one attached hydrogen (secondary N) is 1. The average molecular weight is 347 g/mol. The van der Waals surface area contributed by atoms with Crippen molar-refractivity contribution in [2.24, 2.45) is 0 Å². The van der Waals surface area contributed by atoms with Crippen LogP contribution in [0, 0.1) is 0 Å². The number of anilines is 1. The fourth-order valence-corrected chi connectivity index (χ4v) is 3.01. The molecule has 0 saturated heterocycles. The molecule has 8 heteroatoms. The molecule has 1 fully saturated rings. The van der Waals surface area contributed by atoms with Crippen molar-refractivity contribution < 1.29 is 19.1 Å². The summed E-state index contributed by atoms with van der Waals surface area (Å²) in [6.07, 6.45) is 2.28. The maximum absolute atomic E-state index is 12.0. The van der Waals surface area contributed by atoms with E-state index in [1.165, 1.54) is 25.4 Å². The number of amides is 1. The standard InChI is InChI=1S/C16H17N3O4S/c1-9(20)11-5-6-12(13(7-11)22-2)23-8-14(21)17-16-19-18-15(24-16)10-3-4-10/h5-7,10H,3-4,8H2,1-2H3,(H,17,19,21). The van der Waals surface area contributed by atoms with Crippen molar-refractivity contribution in [3.63, 3.8) is 0 Å². The molecule has 1 aromatic carbocycles. The molecule has 0 unspecified atom stereocenters. The van der Waals surface area contributed by atoms with Gasteiger partial charge in [0.05, 0.1) is 7.11 Å². The molecule has 1 N–H and O–H groups in total. The van der Waals surface area contributed by atoms with Crippen molar-refractivity contribution >= 4 is 28.2 Å². The predicted octanol–water partition coefficient (Wildman–Crippen LogP) is 2.64. The van der Waals surface area contributed by atoms with Crippen molar-refractivity contribution in [1.82, 2.24) is 10.2 Å². The van der Waals surface area contributed by atoms with Gasteiger partial charge in [-0.25, -0.2) is 0 Å². The summed E-state index contributed by atoms with van der Waals surface area (Å²) in [5, 5.41) is 12.1. The highest BCUT2D eigenvalue weighted by atomic mass is 32.1. The molecule has 0 spiro atoms. The summed E-state index contributed by atoms with van der Waals surface area (Å²) in [6, 6.07) is 4.83. The Morgan fingerprint density at radius 3 is 2.75 bits per heavy atom. The third-order valence-corrected chi connectivity index (χ3v) is 4.54. The van der Waals surface area contributed by atoms with Gasteiger partial charge in [0.15, 0.2) is 23.9 Å². The predicted molar refractivity (Wildman–Crippen MR) is 89.0 cm³/mol. The Hall–Kier alpha value is -2.48. The van der Waals surface area contributed by atoms with Gasteiger partial charge < -0.3 is 9.47 Å². The monoisotopic (exact) mass is 347 g/mol. The molecule has 1 aromatic heterocycles. The van der Waals surface area contributed by atoms with E-state index < -0.39 is 0 Å². The summed E-state index contributed by atoms with van der Waals surface area (Å²) in [5.74, 6) is 0.913. The zero-order valence-electron chi connectivity index (χ0n) is 13.4. The minimum absolute atomic E-state index is 0.0691. The SMILES string of the molecule is COc1cc(C(C)=O)ccc1OCC(=O)Nc1nnc(C2CC2)s1. The first-order valence-electron chi connectivity index (χ1n) is 7.52. The Bertz CT molecular complexity index is 770. The smallest absolute Gasteiger partial charge is 0.264 e. The molecule has 7 nitrogen and oxygen atoms in total. The molecule has 1 aliphatic rings. The summed E-state index contributed by atoms with van der Waals surface area (Å²) in [5.41, 5.74) is 0.519. The Morgan fingerprint density at radius 2 is 2.08 bits per heavy atom. The topological polar surface area (TPSA) is 90.4 Å². The van der Waals surface area contributed by atoms with Crippen LogP contribution in [0.1, 0.15) is 41.0 Å². The summed E-state index contributed by atoms with van der Waals surface area (Å²) in [6.45, 7) is 1.29. The zero-order chi connectivity index (χ0) is 17.1. The lowest BCUT2D eigenvalue weighted by Gasteiger charge is -2.11. The van der Waals surface area contributed by atoms with Crippen molar-refractivity contribution in [2.75, 3.05) is 19.0 Å². The lowest BCUT2D eigenvalue weighted by Crippen LogP contribution is -2.20. The van der Waals surface area contributed by atoms with Gasteiger partial charge in [0, 0.05) is 11.5 Å². The molecule has 1 saturated carbocycles. The number of hydrogen-bond donors (Lipinski definition) is 1. The van der Waals surface area contributed by atoms with E-state index in [4.69, 9.17) is 9.47 Å². The van der Waals surface area contributed by atoms with Gasteiger partial charge in [-0.2, -0.15) is 0 Å². The van der Waals surface area contributed by atoms with E-state index in [1.54, 1.807) is 18.2 Å². The van der Waals surface area contributed by atoms with Crippen LogP contribution in [0.4, 0.5) is 5.13 Å². The van der Waals surface area contributed by atoms with Gasteiger partial charge in [-0.15, -0.1) is 10.2 Å². The average Bonchev–Trinajstić information content (AvgIpc) is 3.32. The lowest BCUT2D eigenvalue weighted by molar-refractivity contribution is -0.118. The summed E-state index contributed by atoms with van der Waals surface area (Å²) in [4.78, 5) is 23.3. The number of carbonyl (C=O) groups is 2. The Kier molecular flexibility index (Phi) is 4.75. The molecule has 0 radical (unpaired) electrons. The van der Waals surface area contributed by atoms with Crippen molar-refractivity contribution in [2.45, 2.75) is 25.7 Å². The second-order valence-electron chi connectivity index (χ2n) is 5.48. The Morgan fingerprint density at radius 1 is 1.29 bits per heavy atom. The highest BCUT2D eigenvalue weighted by Crippen LogP contribution is 2.42. The van der Waals surface area contributed by atoms with E-state index in [-0.39, 0.29) is 18.3 Å². The first-order valence-corrected chi connectivity index (χ1v) is 8.33. The first-order chi connectivity index (χ1) is 11.6. The molecular weight excluding hydrogens is 330 g/mol. The van der Waals surface area contributed by atoms with E-state index in [2.05, 4.69) is 15.5 Å². The summed E-state index contributed by atoms with van der Waals surface area (Å²) >= 11 is 1.39. The van der Waals surface area contributed by atoms with Crippen LogP contribution < -0.4 is 14.8 Å². The molecule has 1 heterocycles. The van der Waals surface area contributed by atoms with E-state index in [0.29, 0.717) is 28.1 Å². The molecule has 1 aliphatic carbocycles. The van der Waals surface area contributed by atoms with Crippen LogP contribution in [-0.4, -0.2) is 35.6 Å². The number of ketones is 1. The molecule has 126 valence electrons. The van der Waals surface area contributed by atoms with E-state index in [9.17, 15) is 9.59 Å². The summed E-state index contributed by atoms with van der Waals surface area (Å²) in [7, 11) is 1.48. The first kappa shape index (κ1) is 16.4. The second kappa shape index (κ2) is 6.96. The van der Waals surface area contributed by atoms with Crippen molar-refractivity contribution in [3.05, 3.63) is 28.8 Å². The van der Waals surface area contributed by atoms with E-state index >= 15 is 0 Å². The molecule has 24 heavy (non-hydrogen) atoms. The molecule has 2 aromatic rings. The van der Waals surface area contributed by atoms with Crippen molar-refractivity contribution in [1.29, 1.82) is 0 Å². The number of aromatic nitrogens is 2. The number of nitrogens with zero attached hydrogens (tertiary/aromatic N) is 2. The van der Waals surface area contributed by atoms with Gasteiger partial charge in [0.2, 0.25) is 5.13 Å². The van der Waals surface area contributed by atoms with E-state index in [0.717, 1.165) is 17.8 Å². The maximum Gasteiger partial charge on any atom is 0.264 e. The second-order valence-corrected chi connectivity index (χ2v) is 6.49. The number of carbonyl (C=O) groups excluding carboxylic acids is 2. The highest BCUT2D eigenvalue weighted by Gasteiger charge is 2.27. The van der Waals surface area contributed by atoms with Crippen LogP contribution >= 0.6 is 11.3 Å². The molecule has 3 rings (SSSR count). The fraction of sp³-hybridized carbons (Fsp3) is 0.375. The minimum atomic E-state index is -0.328. The van der Waals surface area contributed by atoms with Crippen LogP contribution in [0.25, 0.3) is 0 Å². The largest absolute Gasteiger partial charge is 0.493 e. The van der Waals surface area contributed by atoms with Crippen molar-refractivity contribution in [3.8, 4) is 11.5 Å². The molecule has 1 amide bonds. The van der Waals surface area contributed by atoms with E-state index in [1.807, 2.05) is 0 Å². The van der Waals surface area contributed by atoms with Gasteiger partial charge in [-0.3, -0.25) is 14.9 Å². The van der Waals surface area contributed by atoms with Crippen LogP contribution in [-0.2, 0) is 4.79 Å². The third-order valence-electron chi connectivity index (χ3n) is 3.54. The number of methoxy groups -OCH3 is 1. The highest BCUT2D eigenvalue weighted by molar-refractivity contribution is 7.15. The maximum atomic E-state index is 12.0. The van der Waals surface area contributed by atoms with Gasteiger partial charge in [0.25, 0.3) is 5.91 Å². The van der Waals surface area contributed by atoms with Crippen LogP contribution in [0.5, 0.6) is 11.5 Å². The van der Waals surface area contributed by atoms with Crippen LogP contribution in [0.15, 0.2) is 18.2 Å². The summed E-state index contributed by atoms with van der Waals surface area (Å²) < 4.78 is 10.7. The normalized spacial score (nSPS) is 13.4. The van der Waals surface area contributed by atoms with Gasteiger partial charge in [-0.05, 0) is 38.0 Å². The Balaban J connectivity index is 1.57. The van der Waals surface area contributed by atoms with Crippen LogP contribution in [0.3, 0.4) is 0 Å². The fourth-order valence-electron chi connectivity index (χ4n) is 2.08. The Labute approximate surface area is 143 Å². The minimum Gasteiger partial charge on any atom is -0.493 e. The van der Waals surface area contributed by atoms with Gasteiger partial charge >= 0.3 is 0 Å². The molecule has 0 aliphatic heterocycles. The molecule has 0 bridgehead atoms. The van der Waals surface area contributed by atoms with Crippen LogP contribution in [0.2, 0.25) is 0 Å².